The molecular weight excluding hydrogens is 320 g/mol. The number of anilines is 1. The number of nitro groups is 1. The van der Waals surface area contributed by atoms with E-state index in [2.05, 4.69) is 5.32 Å². The molecule has 2 aromatic carbocycles. The Morgan fingerprint density at radius 3 is 2.52 bits per heavy atom. The highest BCUT2D eigenvalue weighted by Crippen LogP contribution is 2.31. The molecule has 2 N–H and O–H groups in total. The van der Waals surface area contributed by atoms with Gasteiger partial charge < -0.3 is 14.8 Å². The van der Waals surface area contributed by atoms with Crippen molar-refractivity contribution in [2.24, 2.45) is 0 Å². The van der Waals surface area contributed by atoms with E-state index in [0.29, 0.717) is 30.0 Å². The third kappa shape index (κ3) is 4.05. The third-order valence-corrected chi connectivity index (χ3v) is 3.85. The molecule has 0 radical (unpaired) electrons. The van der Waals surface area contributed by atoms with Crippen LogP contribution in [0.3, 0.4) is 0 Å². The second-order valence-electron chi connectivity index (χ2n) is 5.56. The minimum Gasteiger partial charge on any atom is -0.459 e. The highest BCUT2D eigenvalue weighted by Gasteiger charge is 2.17. The Kier molecular flexibility index (Phi) is 5.11. The maximum Gasteiger partial charge on any atom is 0.280 e. The summed E-state index contributed by atoms with van der Waals surface area (Å²) >= 11 is 0. The summed E-state index contributed by atoms with van der Waals surface area (Å²) < 4.78 is 5.74. The van der Waals surface area contributed by atoms with E-state index in [1.165, 1.54) is 6.07 Å². The lowest BCUT2D eigenvalue weighted by atomic mass is 10.1. The van der Waals surface area contributed by atoms with E-state index >= 15 is 0 Å². The fourth-order valence-corrected chi connectivity index (χ4v) is 2.57. The molecule has 128 valence electrons. The molecule has 0 saturated heterocycles. The summed E-state index contributed by atoms with van der Waals surface area (Å²) in [5.41, 5.74) is 2.50. The van der Waals surface area contributed by atoms with Gasteiger partial charge in [0, 0.05) is 18.4 Å². The van der Waals surface area contributed by atoms with Crippen LogP contribution in [0.15, 0.2) is 65.1 Å². The summed E-state index contributed by atoms with van der Waals surface area (Å²) in [6.07, 6.45) is 0.637. The molecule has 0 aliphatic carbocycles. The van der Waals surface area contributed by atoms with Gasteiger partial charge >= 0.3 is 0 Å². The van der Waals surface area contributed by atoms with E-state index in [1.54, 1.807) is 30.3 Å². The topological polar surface area (TPSA) is 88.5 Å². The number of nitro benzene ring substituents is 1. The molecule has 0 aliphatic rings. The minimum atomic E-state index is -0.413. The minimum absolute atomic E-state index is 0.0239. The van der Waals surface area contributed by atoms with Gasteiger partial charge in [0.15, 0.2) is 0 Å². The zero-order chi connectivity index (χ0) is 17.6. The van der Waals surface area contributed by atoms with E-state index in [1.807, 2.05) is 24.3 Å². The molecule has 0 bridgehead atoms. The Balaban J connectivity index is 1.69. The number of rotatable bonds is 7. The first-order chi connectivity index (χ1) is 12.2. The van der Waals surface area contributed by atoms with Crippen LogP contribution >= 0.6 is 0 Å². The quantitative estimate of drug-likeness (QED) is 0.502. The highest BCUT2D eigenvalue weighted by atomic mass is 16.6. The van der Waals surface area contributed by atoms with Crippen LogP contribution in [-0.2, 0) is 13.0 Å². The maximum atomic E-state index is 11.1. The number of aliphatic hydroxyl groups is 1. The van der Waals surface area contributed by atoms with Gasteiger partial charge in [-0.1, -0.05) is 24.3 Å². The first kappa shape index (κ1) is 16.7. The first-order valence-electron chi connectivity index (χ1n) is 7.93. The molecule has 6 heteroatoms. The molecule has 0 spiro atoms. The number of para-hydroxylation sites is 1. The predicted octanol–water partition coefficient (Wildman–Crippen LogP) is 4.00. The second kappa shape index (κ2) is 7.63. The van der Waals surface area contributed by atoms with Crippen molar-refractivity contribution in [3.63, 3.8) is 0 Å². The molecule has 25 heavy (non-hydrogen) atoms. The zero-order valence-corrected chi connectivity index (χ0v) is 13.5. The van der Waals surface area contributed by atoms with E-state index in [9.17, 15) is 10.1 Å². The van der Waals surface area contributed by atoms with Crippen LogP contribution in [0.4, 0.5) is 11.4 Å². The fraction of sp³-hybridized carbons (Fsp3) is 0.158. The SMILES string of the molecule is O=[N+]([O-])c1ccccc1-c1ccc(CNc2ccc(CCO)cc2)o1. The first-order valence-corrected chi connectivity index (χ1v) is 7.93. The van der Waals surface area contributed by atoms with E-state index in [-0.39, 0.29) is 12.3 Å². The lowest BCUT2D eigenvalue weighted by Crippen LogP contribution is -1.98. The largest absolute Gasteiger partial charge is 0.459 e. The maximum absolute atomic E-state index is 11.1. The number of nitrogens with one attached hydrogen (secondary N) is 1. The average Bonchev–Trinajstić information content (AvgIpc) is 3.10. The zero-order valence-electron chi connectivity index (χ0n) is 13.5. The van der Waals surface area contributed by atoms with Crippen LogP contribution in [0.25, 0.3) is 11.3 Å². The number of aliphatic hydroxyl groups excluding tert-OH is 1. The van der Waals surface area contributed by atoms with Gasteiger partial charge in [-0.05, 0) is 42.3 Å². The number of benzene rings is 2. The Bertz CT molecular complexity index is 856. The van der Waals surface area contributed by atoms with Crippen molar-refractivity contribution in [2.45, 2.75) is 13.0 Å². The van der Waals surface area contributed by atoms with Crippen LogP contribution < -0.4 is 5.32 Å². The van der Waals surface area contributed by atoms with Gasteiger partial charge in [0.25, 0.3) is 5.69 Å². The molecule has 0 atom stereocenters. The molecule has 0 amide bonds. The summed E-state index contributed by atoms with van der Waals surface area (Å²) in [7, 11) is 0. The molecule has 3 aromatic rings. The average molecular weight is 338 g/mol. The Morgan fingerprint density at radius 1 is 1.04 bits per heavy atom. The molecule has 1 heterocycles. The van der Waals surface area contributed by atoms with Crippen LogP contribution in [0.5, 0.6) is 0 Å². The number of nitrogens with zero attached hydrogens (tertiary/aromatic N) is 1. The predicted molar refractivity (Wildman–Crippen MR) is 95.4 cm³/mol. The highest BCUT2D eigenvalue weighted by molar-refractivity contribution is 5.69. The lowest BCUT2D eigenvalue weighted by molar-refractivity contribution is -0.384. The van der Waals surface area contributed by atoms with Crippen molar-refractivity contribution >= 4 is 11.4 Å². The standard InChI is InChI=1S/C19H18N2O4/c22-12-11-14-5-7-15(8-6-14)20-13-16-9-10-19(25-16)17-3-1-2-4-18(17)21(23)24/h1-10,20,22H,11-13H2. The van der Waals surface area contributed by atoms with Gasteiger partial charge in [0.2, 0.25) is 0 Å². The Hall–Kier alpha value is -3.12. The van der Waals surface area contributed by atoms with Crippen molar-refractivity contribution in [2.75, 3.05) is 11.9 Å². The van der Waals surface area contributed by atoms with Crippen LogP contribution in [0, 0.1) is 10.1 Å². The monoisotopic (exact) mass is 338 g/mol. The van der Waals surface area contributed by atoms with Crippen molar-refractivity contribution < 1.29 is 14.4 Å². The fourth-order valence-electron chi connectivity index (χ4n) is 2.57. The molecule has 0 fully saturated rings. The molecule has 6 nitrogen and oxygen atoms in total. The van der Waals surface area contributed by atoms with Crippen molar-refractivity contribution in [1.29, 1.82) is 0 Å². The summed E-state index contributed by atoms with van der Waals surface area (Å²) in [4.78, 5) is 10.7. The van der Waals surface area contributed by atoms with Gasteiger partial charge in [-0.15, -0.1) is 0 Å². The van der Waals surface area contributed by atoms with E-state index in [4.69, 9.17) is 9.52 Å². The van der Waals surface area contributed by atoms with Gasteiger partial charge in [0.05, 0.1) is 17.0 Å². The Labute approximate surface area is 144 Å². The summed E-state index contributed by atoms with van der Waals surface area (Å²) in [6, 6.07) is 17.9. The second-order valence-corrected chi connectivity index (χ2v) is 5.56. The van der Waals surface area contributed by atoms with Crippen molar-refractivity contribution in [1.82, 2.24) is 0 Å². The van der Waals surface area contributed by atoms with Crippen LogP contribution in [0.2, 0.25) is 0 Å². The lowest BCUT2D eigenvalue weighted by Gasteiger charge is -2.06. The number of furan rings is 1. The smallest absolute Gasteiger partial charge is 0.280 e. The van der Waals surface area contributed by atoms with Gasteiger partial charge in [-0.3, -0.25) is 10.1 Å². The van der Waals surface area contributed by atoms with Crippen molar-refractivity contribution in [3.05, 3.63) is 82.1 Å². The number of hydrogen-bond donors (Lipinski definition) is 2. The number of hydrogen-bond acceptors (Lipinski definition) is 5. The van der Waals surface area contributed by atoms with Gasteiger partial charge in [0.1, 0.15) is 11.5 Å². The van der Waals surface area contributed by atoms with E-state index in [0.717, 1.165) is 11.3 Å². The summed E-state index contributed by atoms with van der Waals surface area (Å²) in [6.45, 7) is 0.605. The van der Waals surface area contributed by atoms with E-state index < -0.39 is 4.92 Å². The molecule has 0 unspecified atom stereocenters. The Morgan fingerprint density at radius 2 is 1.80 bits per heavy atom. The van der Waals surface area contributed by atoms with Gasteiger partial charge in [-0.25, -0.2) is 0 Å². The van der Waals surface area contributed by atoms with Crippen LogP contribution in [0.1, 0.15) is 11.3 Å². The normalized spacial score (nSPS) is 10.6. The van der Waals surface area contributed by atoms with Crippen LogP contribution in [-0.4, -0.2) is 16.6 Å². The molecule has 3 rings (SSSR count). The molecule has 1 aromatic heterocycles. The molecule has 0 aliphatic heterocycles. The summed E-state index contributed by atoms with van der Waals surface area (Å²) in [5.74, 6) is 1.16. The molecular formula is C19H18N2O4. The van der Waals surface area contributed by atoms with Crippen molar-refractivity contribution in [3.8, 4) is 11.3 Å². The third-order valence-electron chi connectivity index (χ3n) is 3.85. The van der Waals surface area contributed by atoms with Gasteiger partial charge in [-0.2, -0.15) is 0 Å². The summed E-state index contributed by atoms with van der Waals surface area (Å²) in [5, 5.41) is 23.3. The molecule has 0 saturated carbocycles.